The fraction of sp³-hybridized carbons (Fsp3) is 0.211. The minimum Gasteiger partial charge on any atom is -0.455 e. The van der Waals surface area contributed by atoms with Gasteiger partial charge in [-0.1, -0.05) is 30.3 Å². The lowest BCUT2D eigenvalue weighted by atomic mass is 10.2. The summed E-state index contributed by atoms with van der Waals surface area (Å²) < 4.78 is 47.2. The number of esters is 1. The average molecular weight is 375 g/mol. The molecule has 3 rings (SSSR count). The number of carbonyl (C=O) groups excluding carboxylic acids is 1. The molecule has 3 aromatic rings. The number of ether oxygens (including phenoxy) is 1. The zero-order valence-electron chi connectivity index (χ0n) is 14.6. The molecule has 26 heavy (non-hydrogen) atoms. The minimum atomic E-state index is -4.20. The van der Waals surface area contributed by atoms with E-state index in [1.165, 1.54) is 24.3 Å². The van der Waals surface area contributed by atoms with E-state index in [-0.39, 0.29) is 15.8 Å². The SMILES string of the molecule is CC(C)(C)OC(=O)c1c(F)c2ccccc2n1S(=O)(=O)c1ccccc1. The highest BCUT2D eigenvalue weighted by atomic mass is 32.2. The van der Waals surface area contributed by atoms with Crippen molar-refractivity contribution in [3.8, 4) is 0 Å². The van der Waals surface area contributed by atoms with Gasteiger partial charge in [-0.15, -0.1) is 0 Å². The van der Waals surface area contributed by atoms with Crippen molar-refractivity contribution in [1.82, 2.24) is 3.97 Å². The highest BCUT2D eigenvalue weighted by molar-refractivity contribution is 7.90. The highest BCUT2D eigenvalue weighted by Gasteiger charge is 2.33. The number of hydrogen-bond acceptors (Lipinski definition) is 4. The van der Waals surface area contributed by atoms with Crippen molar-refractivity contribution in [3.63, 3.8) is 0 Å². The van der Waals surface area contributed by atoms with Crippen LogP contribution in [0, 0.1) is 5.82 Å². The summed E-state index contributed by atoms with van der Waals surface area (Å²) in [7, 11) is -4.20. The predicted octanol–water partition coefficient (Wildman–Crippen LogP) is 3.97. The van der Waals surface area contributed by atoms with Crippen LogP contribution in [-0.2, 0) is 14.8 Å². The van der Waals surface area contributed by atoms with Crippen molar-refractivity contribution >= 4 is 26.9 Å². The first kappa shape index (κ1) is 18.1. The Balaban J connectivity index is 2.34. The molecule has 1 aromatic heterocycles. The molecule has 0 saturated heterocycles. The van der Waals surface area contributed by atoms with Crippen molar-refractivity contribution in [3.05, 3.63) is 66.1 Å². The third-order valence-corrected chi connectivity index (χ3v) is 5.37. The number of halogens is 1. The molecule has 0 bridgehead atoms. The van der Waals surface area contributed by atoms with E-state index in [1.54, 1.807) is 51.1 Å². The second kappa shape index (κ2) is 6.25. The molecule has 0 radical (unpaired) electrons. The Morgan fingerprint density at radius 1 is 1.00 bits per heavy atom. The number of hydrogen-bond donors (Lipinski definition) is 0. The first-order chi connectivity index (χ1) is 12.1. The van der Waals surface area contributed by atoms with Crippen molar-refractivity contribution in [1.29, 1.82) is 0 Å². The van der Waals surface area contributed by atoms with E-state index in [9.17, 15) is 17.6 Å². The number of fused-ring (bicyclic) bond motifs is 1. The number of carbonyl (C=O) groups is 1. The van der Waals surface area contributed by atoms with E-state index in [2.05, 4.69) is 0 Å². The van der Waals surface area contributed by atoms with Crippen LogP contribution in [0.5, 0.6) is 0 Å². The lowest BCUT2D eigenvalue weighted by Crippen LogP contribution is -2.27. The Kier molecular flexibility index (Phi) is 4.36. The highest BCUT2D eigenvalue weighted by Crippen LogP contribution is 2.30. The first-order valence-electron chi connectivity index (χ1n) is 7.96. The Morgan fingerprint density at radius 2 is 1.58 bits per heavy atom. The Labute approximate surface area is 151 Å². The molecule has 7 heteroatoms. The summed E-state index contributed by atoms with van der Waals surface area (Å²) >= 11 is 0. The van der Waals surface area contributed by atoms with E-state index >= 15 is 0 Å². The van der Waals surface area contributed by atoms with Crippen LogP contribution in [0.4, 0.5) is 4.39 Å². The van der Waals surface area contributed by atoms with Gasteiger partial charge in [0.2, 0.25) is 0 Å². The lowest BCUT2D eigenvalue weighted by molar-refractivity contribution is 0.00571. The molecule has 0 saturated carbocycles. The zero-order valence-corrected chi connectivity index (χ0v) is 15.4. The number of aromatic nitrogens is 1. The van der Waals surface area contributed by atoms with E-state index in [1.807, 2.05) is 0 Å². The number of nitrogens with zero attached hydrogens (tertiary/aromatic N) is 1. The minimum absolute atomic E-state index is 0.0351. The standard InChI is InChI=1S/C19H18FNO4S/c1-19(2,3)25-18(22)17-16(20)14-11-7-8-12-15(14)21(17)26(23,24)13-9-5-4-6-10-13/h4-12H,1-3H3. The van der Waals surface area contributed by atoms with Gasteiger partial charge in [0.25, 0.3) is 10.0 Å². The Morgan fingerprint density at radius 3 is 2.19 bits per heavy atom. The number of rotatable bonds is 3. The average Bonchev–Trinajstić information content (AvgIpc) is 2.88. The van der Waals surface area contributed by atoms with Crippen molar-refractivity contribution in [2.24, 2.45) is 0 Å². The van der Waals surface area contributed by atoms with Crippen LogP contribution in [0.2, 0.25) is 0 Å². The van der Waals surface area contributed by atoms with Gasteiger partial charge in [-0.05, 0) is 45.0 Å². The summed E-state index contributed by atoms with van der Waals surface area (Å²) in [5.74, 6) is -1.96. The lowest BCUT2D eigenvalue weighted by Gasteiger charge is -2.20. The number of para-hydroxylation sites is 1. The summed E-state index contributed by atoms with van der Waals surface area (Å²) in [6.45, 7) is 4.88. The van der Waals surface area contributed by atoms with Gasteiger partial charge in [-0.25, -0.2) is 21.6 Å². The topological polar surface area (TPSA) is 65.4 Å². The van der Waals surface area contributed by atoms with Gasteiger partial charge < -0.3 is 4.74 Å². The van der Waals surface area contributed by atoms with Crippen LogP contribution >= 0.6 is 0 Å². The summed E-state index contributed by atoms with van der Waals surface area (Å²) in [5, 5.41) is 0.0351. The Hall–Kier alpha value is -2.67. The summed E-state index contributed by atoms with van der Waals surface area (Å²) in [6.07, 6.45) is 0. The summed E-state index contributed by atoms with van der Waals surface area (Å²) in [4.78, 5) is 12.6. The zero-order chi connectivity index (χ0) is 19.1. The van der Waals surface area contributed by atoms with Crippen molar-refractivity contribution in [2.45, 2.75) is 31.3 Å². The molecule has 0 atom stereocenters. The molecule has 0 amide bonds. The third kappa shape index (κ3) is 3.10. The molecule has 136 valence electrons. The van der Waals surface area contributed by atoms with Crippen LogP contribution in [-0.4, -0.2) is 24.0 Å². The predicted molar refractivity (Wildman–Crippen MR) is 96.1 cm³/mol. The maximum Gasteiger partial charge on any atom is 0.359 e. The monoisotopic (exact) mass is 375 g/mol. The third-order valence-electron chi connectivity index (χ3n) is 3.64. The van der Waals surface area contributed by atoms with E-state index in [4.69, 9.17) is 4.74 Å². The van der Waals surface area contributed by atoms with Crippen molar-refractivity contribution in [2.75, 3.05) is 0 Å². The molecule has 1 heterocycles. The van der Waals surface area contributed by atoms with Gasteiger partial charge in [0.05, 0.1) is 10.4 Å². The van der Waals surface area contributed by atoms with Crippen LogP contribution in [0.3, 0.4) is 0 Å². The molecular weight excluding hydrogens is 357 g/mol. The number of benzene rings is 2. The smallest absolute Gasteiger partial charge is 0.359 e. The fourth-order valence-corrected chi connectivity index (χ4v) is 4.15. The van der Waals surface area contributed by atoms with Gasteiger partial charge in [-0.2, -0.15) is 0 Å². The van der Waals surface area contributed by atoms with Gasteiger partial charge in [-0.3, -0.25) is 0 Å². The van der Waals surface area contributed by atoms with Crippen LogP contribution < -0.4 is 0 Å². The molecule has 0 spiro atoms. The molecule has 0 aliphatic rings. The molecule has 0 aliphatic carbocycles. The molecular formula is C19H18FNO4S. The quantitative estimate of drug-likeness (QED) is 0.650. The normalized spacial score (nSPS) is 12.3. The largest absolute Gasteiger partial charge is 0.455 e. The van der Waals surface area contributed by atoms with Crippen LogP contribution in [0.1, 0.15) is 31.3 Å². The van der Waals surface area contributed by atoms with Gasteiger partial charge in [0.1, 0.15) is 5.60 Å². The summed E-state index contributed by atoms with van der Waals surface area (Å²) in [5.41, 5.74) is -1.46. The molecule has 0 N–H and O–H groups in total. The second-order valence-electron chi connectivity index (χ2n) is 6.76. The van der Waals surface area contributed by atoms with Gasteiger partial charge in [0.15, 0.2) is 11.5 Å². The molecule has 0 fully saturated rings. The van der Waals surface area contributed by atoms with Crippen LogP contribution in [0.25, 0.3) is 10.9 Å². The molecule has 2 aromatic carbocycles. The van der Waals surface area contributed by atoms with Crippen molar-refractivity contribution < 1.29 is 22.3 Å². The first-order valence-corrected chi connectivity index (χ1v) is 9.40. The molecule has 0 unspecified atom stereocenters. The van der Waals surface area contributed by atoms with Crippen LogP contribution in [0.15, 0.2) is 59.5 Å². The van der Waals surface area contributed by atoms with E-state index < -0.39 is 33.1 Å². The summed E-state index contributed by atoms with van der Waals surface area (Å²) in [6, 6.07) is 13.6. The maximum absolute atomic E-state index is 15.0. The second-order valence-corrected chi connectivity index (χ2v) is 8.55. The Bertz CT molecular complexity index is 1080. The van der Waals surface area contributed by atoms with E-state index in [0.29, 0.717) is 0 Å². The van der Waals surface area contributed by atoms with E-state index in [0.717, 1.165) is 3.97 Å². The fourth-order valence-electron chi connectivity index (χ4n) is 2.62. The maximum atomic E-state index is 15.0. The molecule has 0 aliphatic heterocycles. The van der Waals surface area contributed by atoms with Gasteiger partial charge >= 0.3 is 5.97 Å². The molecule has 5 nitrogen and oxygen atoms in total. The van der Waals surface area contributed by atoms with Gasteiger partial charge in [0, 0.05) is 5.39 Å².